The number of carbonyl (C=O) groups is 1. The van der Waals surface area contributed by atoms with Crippen LogP contribution in [0.2, 0.25) is 0 Å². The van der Waals surface area contributed by atoms with E-state index in [-0.39, 0.29) is 0 Å². The molecule has 0 amide bonds. The Morgan fingerprint density at radius 2 is 2.06 bits per heavy atom. The third kappa shape index (κ3) is 1.51. The summed E-state index contributed by atoms with van der Waals surface area (Å²) in [7, 11) is 4.67. The zero-order valence-corrected chi connectivity index (χ0v) is 9.98. The molecule has 5 nitrogen and oxygen atoms in total. The van der Waals surface area contributed by atoms with Crippen molar-refractivity contribution in [1.29, 1.82) is 0 Å². The molecule has 0 aliphatic heterocycles. The fourth-order valence-electron chi connectivity index (χ4n) is 2.00. The average molecular weight is 234 g/mol. The van der Waals surface area contributed by atoms with Crippen LogP contribution in [0.1, 0.15) is 10.5 Å². The maximum atomic E-state index is 11.7. The Morgan fingerprint density at radius 1 is 1.35 bits per heavy atom. The first-order valence-corrected chi connectivity index (χ1v) is 5.11. The Balaban J connectivity index is 2.85. The number of nitrogens with two attached hydrogens (primary N) is 1. The van der Waals surface area contributed by atoms with Crippen LogP contribution >= 0.6 is 0 Å². The quantitative estimate of drug-likeness (QED) is 0.801. The number of benzene rings is 1. The summed E-state index contributed by atoms with van der Waals surface area (Å²) < 4.78 is 11.7. The number of aromatic nitrogens is 1. The maximum absolute atomic E-state index is 11.7. The first-order chi connectivity index (χ1) is 8.11. The number of nitrogens with zero attached hydrogens (tertiary/aromatic N) is 1. The lowest BCUT2D eigenvalue weighted by molar-refractivity contribution is 0.0592. The Hall–Kier alpha value is -2.17. The van der Waals surface area contributed by atoms with Crippen LogP contribution in [0.3, 0.4) is 0 Å². The van der Waals surface area contributed by atoms with E-state index in [0.717, 1.165) is 10.9 Å². The number of hydrogen-bond donors (Lipinski definition) is 1. The molecule has 1 aromatic heterocycles. The highest BCUT2D eigenvalue weighted by Gasteiger charge is 2.21. The number of esters is 1. The van der Waals surface area contributed by atoms with Gasteiger partial charge in [0.1, 0.15) is 5.75 Å². The van der Waals surface area contributed by atoms with Crippen molar-refractivity contribution in [3.8, 4) is 5.75 Å². The summed E-state index contributed by atoms with van der Waals surface area (Å²) in [6.45, 7) is 0. The van der Waals surface area contributed by atoms with Crippen molar-refractivity contribution >= 4 is 22.6 Å². The molecule has 1 heterocycles. The van der Waals surface area contributed by atoms with Gasteiger partial charge in [-0.2, -0.15) is 0 Å². The van der Waals surface area contributed by atoms with Gasteiger partial charge >= 0.3 is 5.97 Å². The van der Waals surface area contributed by atoms with Crippen molar-refractivity contribution in [3.05, 3.63) is 23.9 Å². The van der Waals surface area contributed by atoms with Gasteiger partial charge in [-0.05, 0) is 12.1 Å². The molecule has 0 fully saturated rings. The molecule has 2 rings (SSSR count). The number of carbonyl (C=O) groups excluding carboxylic acids is 1. The molecular formula is C12H14N2O3. The summed E-state index contributed by atoms with van der Waals surface area (Å²) in [5.74, 6) is 0.189. The van der Waals surface area contributed by atoms with Crippen molar-refractivity contribution in [1.82, 2.24) is 4.57 Å². The highest BCUT2D eigenvalue weighted by Crippen LogP contribution is 2.35. The molecule has 0 radical (unpaired) electrons. The second-order valence-corrected chi connectivity index (χ2v) is 3.67. The number of fused-ring (bicyclic) bond motifs is 1. The topological polar surface area (TPSA) is 66.5 Å². The number of aryl methyl sites for hydroxylation is 1. The van der Waals surface area contributed by atoms with Crippen LogP contribution in [0.15, 0.2) is 18.2 Å². The Bertz CT molecular complexity index is 587. The van der Waals surface area contributed by atoms with E-state index >= 15 is 0 Å². The lowest BCUT2D eigenvalue weighted by Crippen LogP contribution is -2.09. The van der Waals surface area contributed by atoms with Gasteiger partial charge in [0.15, 0.2) is 5.69 Å². The molecule has 0 unspecified atom stereocenters. The molecule has 0 spiro atoms. The van der Waals surface area contributed by atoms with Crippen LogP contribution in [-0.4, -0.2) is 24.8 Å². The van der Waals surface area contributed by atoms with Crippen LogP contribution in [0.5, 0.6) is 5.75 Å². The molecule has 17 heavy (non-hydrogen) atoms. The lowest BCUT2D eigenvalue weighted by Gasteiger charge is -2.02. The molecule has 2 aromatic rings. The van der Waals surface area contributed by atoms with Gasteiger partial charge in [0, 0.05) is 7.05 Å². The largest absolute Gasteiger partial charge is 0.496 e. The van der Waals surface area contributed by atoms with Crippen molar-refractivity contribution in [2.75, 3.05) is 20.0 Å². The molecule has 0 aliphatic rings. The van der Waals surface area contributed by atoms with Gasteiger partial charge in [0.25, 0.3) is 0 Å². The molecule has 0 saturated heterocycles. The summed E-state index contributed by atoms with van der Waals surface area (Å²) >= 11 is 0. The van der Waals surface area contributed by atoms with Gasteiger partial charge in [-0.3, -0.25) is 0 Å². The van der Waals surface area contributed by atoms with Crippen molar-refractivity contribution < 1.29 is 14.3 Å². The van der Waals surface area contributed by atoms with E-state index < -0.39 is 5.97 Å². The van der Waals surface area contributed by atoms with Gasteiger partial charge in [0.05, 0.1) is 30.8 Å². The van der Waals surface area contributed by atoms with Crippen LogP contribution in [0, 0.1) is 0 Å². The van der Waals surface area contributed by atoms with Crippen LogP contribution < -0.4 is 10.5 Å². The Kier molecular flexibility index (Phi) is 2.67. The zero-order chi connectivity index (χ0) is 12.6. The molecule has 1 aromatic carbocycles. The van der Waals surface area contributed by atoms with E-state index in [2.05, 4.69) is 0 Å². The van der Waals surface area contributed by atoms with Crippen LogP contribution in [0.4, 0.5) is 5.69 Å². The number of ether oxygens (including phenoxy) is 2. The average Bonchev–Trinajstić information content (AvgIpc) is 2.61. The standard InChI is InChI=1S/C12H14N2O3/c1-14-7-5-4-6-8(16-2)9(7)10(13)11(14)12(15)17-3/h4-6H,13H2,1-3H3. The summed E-state index contributed by atoms with van der Waals surface area (Å²) in [6.07, 6.45) is 0. The van der Waals surface area contributed by atoms with E-state index in [0.29, 0.717) is 17.1 Å². The maximum Gasteiger partial charge on any atom is 0.356 e. The van der Waals surface area contributed by atoms with Crippen molar-refractivity contribution in [2.45, 2.75) is 0 Å². The second-order valence-electron chi connectivity index (χ2n) is 3.67. The molecule has 0 bridgehead atoms. The van der Waals surface area contributed by atoms with E-state index in [1.54, 1.807) is 24.8 Å². The third-order valence-corrected chi connectivity index (χ3v) is 2.82. The molecule has 2 N–H and O–H groups in total. The summed E-state index contributed by atoms with van der Waals surface area (Å²) in [6, 6.07) is 5.53. The zero-order valence-electron chi connectivity index (χ0n) is 9.98. The van der Waals surface area contributed by atoms with Gasteiger partial charge in [-0.25, -0.2) is 4.79 Å². The Labute approximate surface area is 98.7 Å². The SMILES string of the molecule is COC(=O)c1c(N)c2c(OC)cccc2n1C. The van der Waals surface area contributed by atoms with Crippen LogP contribution in [0.25, 0.3) is 10.9 Å². The van der Waals surface area contributed by atoms with Gasteiger partial charge in [-0.1, -0.05) is 6.07 Å². The number of nitrogen functional groups attached to an aromatic ring is 1. The molecule has 0 aliphatic carbocycles. The number of hydrogen-bond acceptors (Lipinski definition) is 4. The summed E-state index contributed by atoms with van der Waals surface area (Å²) in [5, 5.41) is 0.734. The Morgan fingerprint density at radius 3 is 2.65 bits per heavy atom. The minimum absolute atomic E-state index is 0.340. The highest BCUT2D eigenvalue weighted by atomic mass is 16.5. The predicted octanol–water partition coefficient (Wildman–Crippen LogP) is 1.56. The molecular weight excluding hydrogens is 220 g/mol. The summed E-state index contributed by atoms with van der Waals surface area (Å²) in [4.78, 5) is 11.7. The molecule has 0 saturated carbocycles. The monoisotopic (exact) mass is 234 g/mol. The lowest BCUT2D eigenvalue weighted by atomic mass is 10.2. The highest BCUT2D eigenvalue weighted by molar-refractivity contribution is 6.08. The van der Waals surface area contributed by atoms with Crippen molar-refractivity contribution in [2.24, 2.45) is 7.05 Å². The number of anilines is 1. The van der Waals surface area contributed by atoms with Crippen LogP contribution in [-0.2, 0) is 11.8 Å². The normalized spacial score (nSPS) is 10.5. The minimum atomic E-state index is -0.455. The first kappa shape index (κ1) is 11.3. The third-order valence-electron chi connectivity index (χ3n) is 2.82. The smallest absolute Gasteiger partial charge is 0.356 e. The second kappa shape index (κ2) is 4.01. The predicted molar refractivity (Wildman–Crippen MR) is 65.2 cm³/mol. The fraction of sp³-hybridized carbons (Fsp3) is 0.250. The summed E-state index contributed by atoms with van der Waals surface area (Å²) in [5.41, 5.74) is 7.55. The van der Waals surface area contributed by atoms with E-state index in [9.17, 15) is 4.79 Å². The fourth-order valence-corrected chi connectivity index (χ4v) is 2.00. The van der Waals surface area contributed by atoms with E-state index in [1.807, 2.05) is 12.1 Å². The number of methoxy groups -OCH3 is 2. The van der Waals surface area contributed by atoms with Gasteiger partial charge in [-0.15, -0.1) is 0 Å². The molecule has 0 atom stereocenters. The number of rotatable bonds is 2. The first-order valence-electron chi connectivity index (χ1n) is 5.11. The van der Waals surface area contributed by atoms with Gasteiger partial charge in [0.2, 0.25) is 0 Å². The van der Waals surface area contributed by atoms with Gasteiger partial charge < -0.3 is 19.8 Å². The van der Waals surface area contributed by atoms with E-state index in [4.69, 9.17) is 15.2 Å². The van der Waals surface area contributed by atoms with Crippen molar-refractivity contribution in [3.63, 3.8) is 0 Å². The van der Waals surface area contributed by atoms with E-state index in [1.165, 1.54) is 7.11 Å². The molecule has 5 heteroatoms. The molecule has 90 valence electrons. The minimum Gasteiger partial charge on any atom is -0.496 e.